The predicted molar refractivity (Wildman–Crippen MR) is 99.0 cm³/mol. The summed E-state index contributed by atoms with van der Waals surface area (Å²) in [6.07, 6.45) is -3.47. The Bertz CT molecular complexity index is 1190. The number of rotatable bonds is 7. The Morgan fingerprint density at radius 3 is 1.93 bits per heavy atom. The highest BCUT2D eigenvalue weighted by molar-refractivity contribution is 7.92. The van der Waals surface area contributed by atoms with Crippen molar-refractivity contribution in [2.24, 2.45) is 0 Å². The molecule has 0 saturated heterocycles. The van der Waals surface area contributed by atoms with E-state index in [0.29, 0.717) is 25.0 Å². The first kappa shape index (κ1) is 22.1. The van der Waals surface area contributed by atoms with Gasteiger partial charge in [-0.05, 0) is 55.3 Å². The molecule has 0 aliphatic heterocycles. The molecule has 162 valence electrons. The van der Waals surface area contributed by atoms with Crippen molar-refractivity contribution < 1.29 is 39.9 Å². The number of anilines is 1. The minimum Gasteiger partial charge on any atom is -0.478 e. The van der Waals surface area contributed by atoms with Crippen molar-refractivity contribution in [1.29, 1.82) is 0 Å². The smallest absolute Gasteiger partial charge is 0.416 e. The third kappa shape index (κ3) is 5.09. The van der Waals surface area contributed by atoms with Crippen LogP contribution in [0.15, 0.2) is 52.3 Å². The van der Waals surface area contributed by atoms with E-state index in [1.807, 2.05) is 4.72 Å². The second-order valence-electron chi connectivity index (χ2n) is 6.57. The molecular formula is C17H15F3N2O6S2. The molecule has 1 aliphatic carbocycles. The number of aromatic carboxylic acids is 1. The summed E-state index contributed by atoms with van der Waals surface area (Å²) in [5.41, 5.74) is -2.70. The molecule has 0 atom stereocenters. The van der Waals surface area contributed by atoms with Crippen molar-refractivity contribution in [3.05, 3.63) is 53.6 Å². The average molecular weight is 464 g/mol. The number of nitrogens with one attached hydrogen (secondary N) is 2. The van der Waals surface area contributed by atoms with E-state index >= 15 is 0 Å². The molecule has 0 amide bonds. The molecule has 3 rings (SSSR count). The maximum absolute atomic E-state index is 13.0. The Kier molecular flexibility index (Phi) is 5.56. The minimum atomic E-state index is -4.89. The van der Waals surface area contributed by atoms with Crippen molar-refractivity contribution in [3.63, 3.8) is 0 Å². The third-order valence-corrected chi connectivity index (χ3v) is 7.04. The van der Waals surface area contributed by atoms with Crippen LogP contribution in [0.1, 0.15) is 28.8 Å². The van der Waals surface area contributed by atoms with Crippen LogP contribution in [0.5, 0.6) is 0 Å². The lowest BCUT2D eigenvalue weighted by Crippen LogP contribution is -2.25. The molecule has 13 heteroatoms. The second-order valence-corrected chi connectivity index (χ2v) is 9.97. The van der Waals surface area contributed by atoms with Crippen LogP contribution >= 0.6 is 0 Å². The van der Waals surface area contributed by atoms with E-state index in [1.165, 1.54) is 0 Å². The van der Waals surface area contributed by atoms with E-state index in [9.17, 15) is 34.8 Å². The second kappa shape index (κ2) is 7.56. The van der Waals surface area contributed by atoms with Crippen molar-refractivity contribution in [1.82, 2.24) is 4.72 Å². The van der Waals surface area contributed by atoms with Gasteiger partial charge < -0.3 is 5.11 Å². The molecule has 0 heterocycles. The maximum Gasteiger partial charge on any atom is 0.416 e. The lowest BCUT2D eigenvalue weighted by Gasteiger charge is -2.13. The van der Waals surface area contributed by atoms with Crippen molar-refractivity contribution in [2.45, 2.75) is 34.9 Å². The van der Waals surface area contributed by atoms with E-state index in [2.05, 4.69) is 4.72 Å². The molecule has 0 aromatic heterocycles. The topological polar surface area (TPSA) is 130 Å². The van der Waals surface area contributed by atoms with Gasteiger partial charge >= 0.3 is 12.1 Å². The van der Waals surface area contributed by atoms with Gasteiger partial charge in [-0.25, -0.2) is 26.4 Å². The van der Waals surface area contributed by atoms with Crippen LogP contribution in [0.4, 0.5) is 18.9 Å². The van der Waals surface area contributed by atoms with Gasteiger partial charge in [0.15, 0.2) is 0 Å². The molecule has 30 heavy (non-hydrogen) atoms. The van der Waals surface area contributed by atoms with Crippen molar-refractivity contribution in [3.8, 4) is 0 Å². The van der Waals surface area contributed by atoms with Gasteiger partial charge in [-0.2, -0.15) is 13.2 Å². The van der Waals surface area contributed by atoms with Gasteiger partial charge in [-0.3, -0.25) is 4.72 Å². The normalized spacial score (nSPS) is 15.0. The SMILES string of the molecule is O=C(O)c1cc(NS(=O)(=O)c2ccc(S(=O)(=O)NC3CC3)cc2)cc(C(F)(F)F)c1. The molecule has 0 bridgehead atoms. The standard InChI is InChI=1S/C17H15F3N2O6S2/c18-17(19,20)11-7-10(16(23)24)8-13(9-11)22-30(27,28)15-5-3-14(4-6-15)29(25,26)21-12-1-2-12/h3-9,12,21-22H,1-2H2,(H,23,24). The molecule has 0 unspecified atom stereocenters. The molecule has 0 radical (unpaired) electrons. The molecule has 1 saturated carbocycles. The highest BCUT2D eigenvalue weighted by Gasteiger charge is 2.32. The van der Waals surface area contributed by atoms with E-state index in [-0.39, 0.29) is 10.9 Å². The maximum atomic E-state index is 13.0. The fourth-order valence-electron chi connectivity index (χ4n) is 2.47. The van der Waals surface area contributed by atoms with Crippen LogP contribution in [0.3, 0.4) is 0 Å². The molecule has 2 aromatic carbocycles. The van der Waals surface area contributed by atoms with Gasteiger partial charge in [0.25, 0.3) is 10.0 Å². The van der Waals surface area contributed by atoms with E-state index in [4.69, 9.17) is 5.11 Å². The quantitative estimate of drug-likeness (QED) is 0.578. The summed E-state index contributed by atoms with van der Waals surface area (Å²) < 4.78 is 92.5. The largest absolute Gasteiger partial charge is 0.478 e. The summed E-state index contributed by atoms with van der Waals surface area (Å²) in [6.45, 7) is 0. The van der Waals surface area contributed by atoms with Gasteiger partial charge in [0.2, 0.25) is 10.0 Å². The van der Waals surface area contributed by atoms with Crippen LogP contribution in [0, 0.1) is 0 Å². The number of alkyl halides is 3. The van der Waals surface area contributed by atoms with Gasteiger partial charge in [-0.1, -0.05) is 0 Å². The zero-order chi connectivity index (χ0) is 22.3. The first-order valence-electron chi connectivity index (χ1n) is 8.39. The monoisotopic (exact) mass is 464 g/mol. The van der Waals surface area contributed by atoms with Crippen LogP contribution in [-0.4, -0.2) is 34.0 Å². The van der Waals surface area contributed by atoms with Gasteiger partial charge in [0.1, 0.15) is 0 Å². The number of halogens is 3. The number of carboxylic acid groups (broad SMARTS) is 1. The van der Waals surface area contributed by atoms with Crippen LogP contribution in [0.2, 0.25) is 0 Å². The Labute approximate surface area is 169 Å². The summed E-state index contributed by atoms with van der Waals surface area (Å²) in [5.74, 6) is -1.67. The van der Waals surface area contributed by atoms with E-state index < -0.39 is 53.9 Å². The Morgan fingerprint density at radius 1 is 0.933 bits per heavy atom. The number of hydrogen-bond acceptors (Lipinski definition) is 5. The molecule has 3 N–H and O–H groups in total. The third-order valence-electron chi connectivity index (χ3n) is 4.10. The summed E-state index contributed by atoms with van der Waals surface area (Å²) >= 11 is 0. The number of hydrogen-bond donors (Lipinski definition) is 3. The van der Waals surface area contributed by atoms with Gasteiger partial charge in [0.05, 0.1) is 26.6 Å². The zero-order valence-electron chi connectivity index (χ0n) is 15.0. The van der Waals surface area contributed by atoms with Crippen molar-refractivity contribution >= 4 is 31.7 Å². The predicted octanol–water partition coefficient (Wildman–Crippen LogP) is 2.65. The molecule has 0 spiro atoms. The van der Waals surface area contributed by atoms with Crippen LogP contribution in [-0.2, 0) is 26.2 Å². The highest BCUT2D eigenvalue weighted by atomic mass is 32.2. The molecule has 1 fully saturated rings. The Hall–Kier alpha value is -2.64. The minimum absolute atomic E-state index is 0.149. The molecular weight excluding hydrogens is 449 g/mol. The van der Waals surface area contributed by atoms with E-state index in [1.54, 1.807) is 0 Å². The van der Waals surface area contributed by atoms with E-state index in [0.717, 1.165) is 30.3 Å². The number of carbonyl (C=O) groups is 1. The average Bonchev–Trinajstić information content (AvgIpc) is 3.43. The van der Waals surface area contributed by atoms with Gasteiger partial charge in [0, 0.05) is 6.04 Å². The molecule has 1 aliphatic rings. The molecule has 8 nitrogen and oxygen atoms in total. The van der Waals surface area contributed by atoms with Crippen LogP contribution in [0.25, 0.3) is 0 Å². The zero-order valence-corrected chi connectivity index (χ0v) is 16.6. The van der Waals surface area contributed by atoms with Gasteiger partial charge in [-0.15, -0.1) is 0 Å². The summed E-state index contributed by atoms with van der Waals surface area (Å²) in [4.78, 5) is 10.5. The van der Waals surface area contributed by atoms with Crippen molar-refractivity contribution in [2.75, 3.05) is 4.72 Å². The lowest BCUT2D eigenvalue weighted by molar-refractivity contribution is -0.137. The highest BCUT2D eigenvalue weighted by Crippen LogP contribution is 2.32. The molecule has 2 aromatic rings. The Balaban J connectivity index is 1.89. The summed E-state index contributed by atoms with van der Waals surface area (Å²) in [5, 5.41) is 8.98. The fourth-order valence-corrected chi connectivity index (χ4v) is 4.82. The number of benzene rings is 2. The Morgan fingerprint density at radius 2 is 1.47 bits per heavy atom. The number of carboxylic acids is 1. The number of sulfonamides is 2. The first-order chi connectivity index (χ1) is 13.8. The first-order valence-corrected chi connectivity index (χ1v) is 11.4. The fraction of sp³-hybridized carbons (Fsp3) is 0.235. The summed E-state index contributed by atoms with van der Waals surface area (Å²) in [6, 6.07) is 5.50. The lowest BCUT2D eigenvalue weighted by atomic mass is 10.1. The van der Waals surface area contributed by atoms with Crippen LogP contribution < -0.4 is 9.44 Å². The summed E-state index contributed by atoms with van der Waals surface area (Å²) in [7, 11) is -8.23.